The SMILES string of the molecule is COc1ccc(CNC(=O)c2ccc(-n3nc(C)cc3-c3ccccc3)cc2)cc1. The smallest absolute Gasteiger partial charge is 0.251 e. The highest BCUT2D eigenvalue weighted by Gasteiger charge is 2.11. The van der Waals surface area contributed by atoms with Crippen LogP contribution in [0.1, 0.15) is 21.6 Å². The van der Waals surface area contributed by atoms with Crippen molar-refractivity contribution < 1.29 is 9.53 Å². The summed E-state index contributed by atoms with van der Waals surface area (Å²) < 4.78 is 7.06. The fourth-order valence-corrected chi connectivity index (χ4v) is 3.29. The quantitative estimate of drug-likeness (QED) is 0.509. The van der Waals surface area contributed by atoms with Crippen LogP contribution < -0.4 is 10.1 Å². The Morgan fingerprint density at radius 2 is 1.67 bits per heavy atom. The van der Waals surface area contributed by atoms with Crippen LogP contribution in [-0.2, 0) is 6.54 Å². The number of carbonyl (C=O) groups excluding carboxylic acids is 1. The van der Waals surface area contributed by atoms with Gasteiger partial charge in [0, 0.05) is 17.7 Å². The maximum absolute atomic E-state index is 12.5. The van der Waals surface area contributed by atoms with Crippen LogP contribution in [0, 0.1) is 6.92 Å². The van der Waals surface area contributed by atoms with Gasteiger partial charge in [0.2, 0.25) is 0 Å². The zero-order valence-electron chi connectivity index (χ0n) is 17.0. The molecule has 1 N–H and O–H groups in total. The number of nitrogens with one attached hydrogen (secondary N) is 1. The molecule has 1 amide bonds. The Morgan fingerprint density at radius 1 is 0.967 bits per heavy atom. The van der Waals surface area contributed by atoms with E-state index in [4.69, 9.17) is 4.74 Å². The van der Waals surface area contributed by atoms with Gasteiger partial charge in [-0.25, -0.2) is 4.68 Å². The number of benzene rings is 3. The summed E-state index contributed by atoms with van der Waals surface area (Å²) in [6, 6.07) is 27.3. The maximum Gasteiger partial charge on any atom is 0.251 e. The average Bonchev–Trinajstić information content (AvgIpc) is 3.20. The van der Waals surface area contributed by atoms with Crippen LogP contribution in [0.2, 0.25) is 0 Å². The van der Waals surface area contributed by atoms with E-state index in [2.05, 4.69) is 28.6 Å². The van der Waals surface area contributed by atoms with E-state index in [-0.39, 0.29) is 5.91 Å². The number of hydrogen-bond donors (Lipinski definition) is 1. The van der Waals surface area contributed by atoms with Crippen LogP contribution in [0.3, 0.4) is 0 Å². The third-order valence-electron chi connectivity index (χ3n) is 4.89. The molecule has 3 aromatic carbocycles. The zero-order valence-corrected chi connectivity index (χ0v) is 17.0. The summed E-state index contributed by atoms with van der Waals surface area (Å²) in [4.78, 5) is 12.5. The number of carbonyl (C=O) groups is 1. The average molecular weight is 397 g/mol. The molecule has 4 rings (SSSR count). The predicted molar refractivity (Wildman–Crippen MR) is 118 cm³/mol. The summed E-state index contributed by atoms with van der Waals surface area (Å²) in [5.74, 6) is 0.682. The minimum atomic E-state index is -0.114. The van der Waals surface area contributed by atoms with Gasteiger partial charge in [-0.15, -0.1) is 0 Å². The Labute approximate surface area is 175 Å². The van der Waals surface area contributed by atoms with Crippen molar-refractivity contribution in [3.63, 3.8) is 0 Å². The normalized spacial score (nSPS) is 10.6. The van der Waals surface area contributed by atoms with E-state index >= 15 is 0 Å². The first-order valence-corrected chi connectivity index (χ1v) is 9.78. The minimum absolute atomic E-state index is 0.114. The fourth-order valence-electron chi connectivity index (χ4n) is 3.29. The van der Waals surface area contributed by atoms with Crippen molar-refractivity contribution in [2.24, 2.45) is 0 Å². The van der Waals surface area contributed by atoms with Crippen LogP contribution in [0.5, 0.6) is 5.75 Å². The third-order valence-corrected chi connectivity index (χ3v) is 4.89. The van der Waals surface area contributed by atoms with E-state index in [1.807, 2.05) is 78.3 Å². The summed E-state index contributed by atoms with van der Waals surface area (Å²) in [6.45, 7) is 2.44. The summed E-state index contributed by atoms with van der Waals surface area (Å²) in [5.41, 5.74) is 5.59. The van der Waals surface area contributed by atoms with Crippen LogP contribution in [0.15, 0.2) is 84.9 Å². The first kappa shape index (κ1) is 19.5. The van der Waals surface area contributed by atoms with Crippen molar-refractivity contribution in [1.29, 1.82) is 0 Å². The second-order valence-corrected chi connectivity index (χ2v) is 7.03. The van der Waals surface area contributed by atoms with E-state index in [1.54, 1.807) is 7.11 Å². The number of nitrogens with zero attached hydrogens (tertiary/aromatic N) is 2. The molecule has 0 spiro atoms. The van der Waals surface area contributed by atoms with Crippen molar-refractivity contribution in [3.05, 3.63) is 102 Å². The fraction of sp³-hybridized carbons (Fsp3) is 0.120. The van der Waals surface area contributed by atoms with E-state index < -0.39 is 0 Å². The Balaban J connectivity index is 1.48. The molecular formula is C25H23N3O2. The monoisotopic (exact) mass is 397 g/mol. The second kappa shape index (κ2) is 8.66. The lowest BCUT2D eigenvalue weighted by Crippen LogP contribution is -2.22. The van der Waals surface area contributed by atoms with Crippen molar-refractivity contribution in [1.82, 2.24) is 15.1 Å². The maximum atomic E-state index is 12.5. The van der Waals surface area contributed by atoms with E-state index in [9.17, 15) is 4.79 Å². The lowest BCUT2D eigenvalue weighted by atomic mass is 10.1. The molecule has 0 atom stereocenters. The molecule has 30 heavy (non-hydrogen) atoms. The number of amides is 1. The van der Waals surface area contributed by atoms with E-state index in [1.165, 1.54) is 0 Å². The number of aryl methyl sites for hydroxylation is 1. The van der Waals surface area contributed by atoms with Gasteiger partial charge < -0.3 is 10.1 Å². The lowest BCUT2D eigenvalue weighted by Gasteiger charge is -2.10. The van der Waals surface area contributed by atoms with Crippen molar-refractivity contribution in [3.8, 4) is 22.7 Å². The molecule has 0 aliphatic heterocycles. The van der Waals surface area contributed by atoms with Crippen LogP contribution in [0.4, 0.5) is 0 Å². The van der Waals surface area contributed by atoms with Gasteiger partial charge in [0.1, 0.15) is 5.75 Å². The summed E-state index contributed by atoms with van der Waals surface area (Å²) >= 11 is 0. The number of hydrogen-bond acceptors (Lipinski definition) is 3. The third kappa shape index (κ3) is 4.25. The van der Waals surface area contributed by atoms with Gasteiger partial charge >= 0.3 is 0 Å². The molecule has 0 radical (unpaired) electrons. The van der Waals surface area contributed by atoms with Gasteiger partial charge in [-0.3, -0.25) is 4.79 Å². The van der Waals surface area contributed by atoms with Gasteiger partial charge in [-0.05, 0) is 55.0 Å². The summed E-state index contributed by atoms with van der Waals surface area (Å²) in [6.07, 6.45) is 0. The Hall–Kier alpha value is -3.86. The van der Waals surface area contributed by atoms with Crippen molar-refractivity contribution >= 4 is 5.91 Å². The number of methoxy groups -OCH3 is 1. The topological polar surface area (TPSA) is 56.1 Å². The number of aromatic nitrogens is 2. The molecule has 5 heteroatoms. The van der Waals surface area contributed by atoms with E-state index in [0.29, 0.717) is 12.1 Å². The Bertz CT molecular complexity index is 1130. The predicted octanol–water partition coefficient (Wildman–Crippen LogP) is 4.79. The molecule has 0 aliphatic carbocycles. The van der Waals surface area contributed by atoms with Gasteiger partial charge in [0.05, 0.1) is 24.2 Å². The molecule has 0 saturated carbocycles. The van der Waals surface area contributed by atoms with Crippen molar-refractivity contribution in [2.75, 3.05) is 7.11 Å². The molecule has 1 heterocycles. The molecule has 0 aliphatic rings. The highest BCUT2D eigenvalue weighted by molar-refractivity contribution is 5.94. The molecule has 0 bridgehead atoms. The number of rotatable bonds is 6. The zero-order chi connectivity index (χ0) is 20.9. The molecule has 1 aromatic heterocycles. The molecule has 150 valence electrons. The standard InChI is InChI=1S/C25H23N3O2/c1-18-16-24(20-6-4-3-5-7-20)28(27-18)22-12-10-21(11-13-22)25(29)26-17-19-8-14-23(30-2)15-9-19/h3-16H,17H2,1-2H3,(H,26,29). The molecule has 5 nitrogen and oxygen atoms in total. The molecule has 4 aromatic rings. The molecule has 0 fully saturated rings. The van der Waals surface area contributed by atoms with E-state index in [0.717, 1.165) is 34.0 Å². The highest BCUT2D eigenvalue weighted by atomic mass is 16.5. The first-order chi connectivity index (χ1) is 14.6. The Kier molecular flexibility index (Phi) is 5.61. The van der Waals surface area contributed by atoms with Gasteiger partial charge in [-0.1, -0.05) is 42.5 Å². The largest absolute Gasteiger partial charge is 0.497 e. The first-order valence-electron chi connectivity index (χ1n) is 9.78. The molecule has 0 unspecified atom stereocenters. The minimum Gasteiger partial charge on any atom is -0.497 e. The summed E-state index contributed by atoms with van der Waals surface area (Å²) in [5, 5.41) is 7.58. The molecule has 0 saturated heterocycles. The van der Waals surface area contributed by atoms with Gasteiger partial charge in [0.15, 0.2) is 0 Å². The van der Waals surface area contributed by atoms with Crippen LogP contribution in [0.25, 0.3) is 16.9 Å². The Morgan fingerprint density at radius 3 is 2.33 bits per heavy atom. The van der Waals surface area contributed by atoms with Crippen molar-refractivity contribution in [2.45, 2.75) is 13.5 Å². The van der Waals surface area contributed by atoms with Gasteiger partial charge in [0.25, 0.3) is 5.91 Å². The van der Waals surface area contributed by atoms with Crippen LogP contribution >= 0.6 is 0 Å². The summed E-state index contributed by atoms with van der Waals surface area (Å²) in [7, 11) is 1.63. The number of ether oxygens (including phenoxy) is 1. The lowest BCUT2D eigenvalue weighted by molar-refractivity contribution is 0.0951. The van der Waals surface area contributed by atoms with Gasteiger partial charge in [-0.2, -0.15) is 5.10 Å². The highest BCUT2D eigenvalue weighted by Crippen LogP contribution is 2.24. The second-order valence-electron chi connectivity index (χ2n) is 7.03. The van der Waals surface area contributed by atoms with Crippen LogP contribution in [-0.4, -0.2) is 22.8 Å². The molecular weight excluding hydrogens is 374 g/mol.